The van der Waals surface area contributed by atoms with Gasteiger partial charge < -0.3 is 9.47 Å². The summed E-state index contributed by atoms with van der Waals surface area (Å²) >= 11 is 0. The zero-order valence-corrected chi connectivity index (χ0v) is 12.3. The molecule has 6 heteroatoms. The first kappa shape index (κ1) is 15.4. The number of benzene rings is 2. The molecule has 0 bridgehead atoms. The minimum Gasteiger partial charge on any atom is -0.493 e. The van der Waals surface area contributed by atoms with Crippen LogP contribution in [0.3, 0.4) is 0 Å². The third-order valence-electron chi connectivity index (χ3n) is 2.97. The fraction of sp³-hybridized carbons (Fsp3) is 0.125. The minimum absolute atomic E-state index is 0.259. The summed E-state index contributed by atoms with van der Waals surface area (Å²) in [6.45, 7) is 0. The highest BCUT2D eigenvalue weighted by Gasteiger charge is 2.16. The molecule has 0 spiro atoms. The molecule has 6 nitrogen and oxygen atoms in total. The number of hydrogen-bond donors (Lipinski definition) is 2. The third kappa shape index (κ3) is 3.35. The Balaban J connectivity index is 2.09. The van der Waals surface area contributed by atoms with Crippen LogP contribution in [0.15, 0.2) is 48.5 Å². The molecule has 0 saturated heterocycles. The molecule has 0 radical (unpaired) electrons. The topological polar surface area (TPSA) is 76.7 Å². The molecule has 0 saturated carbocycles. The van der Waals surface area contributed by atoms with E-state index in [0.717, 1.165) is 0 Å². The van der Waals surface area contributed by atoms with Crippen molar-refractivity contribution in [1.29, 1.82) is 0 Å². The maximum Gasteiger partial charge on any atom is 0.273 e. The predicted octanol–water partition coefficient (Wildman–Crippen LogP) is 1.78. The Morgan fingerprint density at radius 1 is 0.818 bits per heavy atom. The van der Waals surface area contributed by atoms with Crippen LogP contribution < -0.4 is 20.3 Å². The van der Waals surface area contributed by atoms with Crippen LogP contribution in [-0.4, -0.2) is 26.0 Å². The number of hydrogen-bond acceptors (Lipinski definition) is 4. The van der Waals surface area contributed by atoms with Gasteiger partial charge in [0.05, 0.1) is 19.8 Å². The van der Waals surface area contributed by atoms with E-state index in [-0.39, 0.29) is 5.56 Å². The van der Waals surface area contributed by atoms with Gasteiger partial charge in [0.15, 0.2) is 11.5 Å². The van der Waals surface area contributed by atoms with E-state index in [1.54, 1.807) is 48.5 Å². The second-order valence-electron chi connectivity index (χ2n) is 4.32. The van der Waals surface area contributed by atoms with Gasteiger partial charge in [0.2, 0.25) is 0 Å². The average Bonchev–Trinajstić information content (AvgIpc) is 2.59. The van der Waals surface area contributed by atoms with Crippen LogP contribution in [0.2, 0.25) is 0 Å². The summed E-state index contributed by atoms with van der Waals surface area (Å²) in [5.74, 6) is -0.170. The minimum atomic E-state index is -0.500. The Labute approximate surface area is 128 Å². The smallest absolute Gasteiger partial charge is 0.273 e. The molecule has 114 valence electrons. The van der Waals surface area contributed by atoms with Crippen molar-refractivity contribution in [3.63, 3.8) is 0 Å². The molecular weight excluding hydrogens is 284 g/mol. The van der Waals surface area contributed by atoms with Gasteiger partial charge in [0, 0.05) is 5.56 Å². The zero-order chi connectivity index (χ0) is 15.9. The molecule has 0 unspecified atom stereocenters. The van der Waals surface area contributed by atoms with Crippen molar-refractivity contribution in [2.75, 3.05) is 14.2 Å². The van der Waals surface area contributed by atoms with Crippen LogP contribution in [0.1, 0.15) is 20.7 Å². The number of para-hydroxylation sites is 1. The van der Waals surface area contributed by atoms with Crippen LogP contribution >= 0.6 is 0 Å². The Hall–Kier alpha value is -3.02. The molecule has 2 N–H and O–H groups in total. The van der Waals surface area contributed by atoms with E-state index in [1.165, 1.54) is 14.2 Å². The van der Waals surface area contributed by atoms with Gasteiger partial charge in [0.25, 0.3) is 11.8 Å². The van der Waals surface area contributed by atoms with Gasteiger partial charge in [0.1, 0.15) is 0 Å². The first-order chi connectivity index (χ1) is 10.7. The molecule has 2 amide bonds. The largest absolute Gasteiger partial charge is 0.493 e. The number of rotatable bonds is 4. The maximum absolute atomic E-state index is 12.2. The van der Waals surface area contributed by atoms with Gasteiger partial charge in [-0.25, -0.2) is 0 Å². The highest BCUT2D eigenvalue weighted by molar-refractivity contribution is 6.00. The quantitative estimate of drug-likeness (QED) is 0.844. The molecule has 2 rings (SSSR count). The van der Waals surface area contributed by atoms with Crippen molar-refractivity contribution < 1.29 is 19.1 Å². The lowest BCUT2D eigenvalue weighted by Gasteiger charge is -2.13. The lowest BCUT2D eigenvalue weighted by molar-refractivity contribution is 0.0844. The Morgan fingerprint density at radius 3 is 2.14 bits per heavy atom. The normalized spacial score (nSPS) is 9.73. The standard InChI is InChI=1S/C16H16N2O4/c1-21-13-10-6-9-12(14(13)22-2)16(20)18-17-15(19)11-7-4-3-5-8-11/h3-10H,1-2H3,(H,17,19)(H,18,20). The van der Waals surface area contributed by atoms with Crippen molar-refractivity contribution in [1.82, 2.24) is 10.9 Å². The second-order valence-corrected chi connectivity index (χ2v) is 4.32. The summed E-state index contributed by atoms with van der Waals surface area (Å²) < 4.78 is 10.3. The van der Waals surface area contributed by atoms with Crippen molar-refractivity contribution in [3.05, 3.63) is 59.7 Å². The zero-order valence-electron chi connectivity index (χ0n) is 12.3. The van der Waals surface area contributed by atoms with Crippen molar-refractivity contribution >= 4 is 11.8 Å². The van der Waals surface area contributed by atoms with E-state index < -0.39 is 11.8 Å². The van der Waals surface area contributed by atoms with E-state index in [9.17, 15) is 9.59 Å². The summed E-state index contributed by atoms with van der Waals surface area (Å²) in [5, 5.41) is 0. The lowest BCUT2D eigenvalue weighted by Crippen LogP contribution is -2.41. The number of hydrazine groups is 1. The van der Waals surface area contributed by atoms with E-state index in [0.29, 0.717) is 17.1 Å². The first-order valence-corrected chi connectivity index (χ1v) is 6.54. The summed E-state index contributed by atoms with van der Waals surface area (Å²) in [7, 11) is 2.92. The van der Waals surface area contributed by atoms with Crippen molar-refractivity contribution in [3.8, 4) is 11.5 Å². The van der Waals surface area contributed by atoms with Crippen LogP contribution in [-0.2, 0) is 0 Å². The van der Waals surface area contributed by atoms with Crippen LogP contribution in [0, 0.1) is 0 Å². The van der Waals surface area contributed by atoms with Gasteiger partial charge in [-0.15, -0.1) is 0 Å². The van der Waals surface area contributed by atoms with E-state index in [1.807, 2.05) is 0 Å². The van der Waals surface area contributed by atoms with Gasteiger partial charge >= 0.3 is 0 Å². The number of carbonyl (C=O) groups is 2. The number of nitrogens with one attached hydrogen (secondary N) is 2. The van der Waals surface area contributed by atoms with Crippen molar-refractivity contribution in [2.45, 2.75) is 0 Å². The number of amides is 2. The first-order valence-electron chi connectivity index (χ1n) is 6.54. The van der Waals surface area contributed by atoms with Crippen LogP contribution in [0.5, 0.6) is 11.5 Å². The predicted molar refractivity (Wildman–Crippen MR) is 80.9 cm³/mol. The molecule has 2 aromatic carbocycles. The molecule has 0 aliphatic heterocycles. The molecule has 0 aliphatic rings. The number of methoxy groups -OCH3 is 2. The molecule has 0 aromatic heterocycles. The highest BCUT2D eigenvalue weighted by Crippen LogP contribution is 2.30. The Bertz CT molecular complexity index is 671. The summed E-state index contributed by atoms with van der Waals surface area (Å²) in [5.41, 5.74) is 5.40. The van der Waals surface area contributed by atoms with Gasteiger partial charge in [-0.3, -0.25) is 20.4 Å². The van der Waals surface area contributed by atoms with Crippen molar-refractivity contribution in [2.24, 2.45) is 0 Å². The van der Waals surface area contributed by atoms with Crippen LogP contribution in [0.4, 0.5) is 0 Å². The SMILES string of the molecule is COc1cccc(C(=O)NNC(=O)c2ccccc2)c1OC. The highest BCUT2D eigenvalue weighted by atomic mass is 16.5. The second kappa shape index (κ2) is 7.12. The van der Waals surface area contributed by atoms with Gasteiger partial charge in [-0.2, -0.15) is 0 Å². The molecule has 0 heterocycles. The van der Waals surface area contributed by atoms with E-state index >= 15 is 0 Å². The van der Waals surface area contributed by atoms with E-state index in [4.69, 9.17) is 9.47 Å². The average molecular weight is 300 g/mol. The molecule has 0 fully saturated rings. The molecule has 2 aromatic rings. The summed E-state index contributed by atoms with van der Waals surface area (Å²) in [4.78, 5) is 24.0. The van der Waals surface area contributed by atoms with Gasteiger partial charge in [-0.1, -0.05) is 24.3 Å². The van der Waals surface area contributed by atoms with Gasteiger partial charge in [-0.05, 0) is 24.3 Å². The Morgan fingerprint density at radius 2 is 1.50 bits per heavy atom. The fourth-order valence-electron chi connectivity index (χ4n) is 1.91. The summed E-state index contributed by atoms with van der Waals surface area (Å²) in [6.07, 6.45) is 0. The third-order valence-corrected chi connectivity index (χ3v) is 2.97. The molecule has 22 heavy (non-hydrogen) atoms. The molecule has 0 aliphatic carbocycles. The maximum atomic E-state index is 12.2. The Kier molecular flexibility index (Phi) is 4.98. The fourth-order valence-corrected chi connectivity index (χ4v) is 1.91. The lowest BCUT2D eigenvalue weighted by atomic mass is 10.1. The number of carbonyl (C=O) groups excluding carboxylic acids is 2. The monoisotopic (exact) mass is 300 g/mol. The number of ether oxygens (including phenoxy) is 2. The molecular formula is C16H16N2O4. The molecule has 0 atom stereocenters. The van der Waals surface area contributed by atoms with E-state index in [2.05, 4.69) is 10.9 Å². The summed E-state index contributed by atoms with van der Waals surface area (Å²) in [6, 6.07) is 13.5. The van der Waals surface area contributed by atoms with Crippen LogP contribution in [0.25, 0.3) is 0 Å².